The number of carbonyl (C=O) groups is 1. The lowest BCUT2D eigenvalue weighted by Crippen LogP contribution is -3.16. The molecule has 26 heavy (non-hydrogen) atoms. The number of hydrogen-bond donors (Lipinski definition) is 3. The lowest BCUT2D eigenvalue weighted by atomic mass is 9.97. The van der Waals surface area contributed by atoms with Crippen LogP contribution in [0.3, 0.4) is 0 Å². The van der Waals surface area contributed by atoms with Crippen LogP contribution >= 0.6 is 0 Å². The van der Waals surface area contributed by atoms with Gasteiger partial charge < -0.3 is 19.9 Å². The number of quaternary nitrogens is 2. The molecule has 5 nitrogen and oxygen atoms in total. The quantitative estimate of drug-likeness (QED) is 0.638. The lowest BCUT2D eigenvalue weighted by Gasteiger charge is -2.35. The number of carbonyl (C=O) groups excluding carboxylic acids is 1. The van der Waals surface area contributed by atoms with Gasteiger partial charge in [0.15, 0.2) is 6.54 Å². The second-order valence-electron chi connectivity index (χ2n) is 8.12. The normalized spacial score (nSPS) is 26.8. The first kappa shape index (κ1) is 19.3. The van der Waals surface area contributed by atoms with E-state index in [0.717, 1.165) is 45.3 Å². The van der Waals surface area contributed by atoms with Crippen LogP contribution < -0.4 is 15.1 Å². The van der Waals surface area contributed by atoms with Crippen LogP contribution in [0.4, 0.5) is 0 Å². The van der Waals surface area contributed by atoms with Gasteiger partial charge in [-0.25, -0.2) is 0 Å². The molecule has 0 spiro atoms. The van der Waals surface area contributed by atoms with E-state index in [9.17, 15) is 4.79 Å². The molecule has 5 heteroatoms. The van der Waals surface area contributed by atoms with Crippen molar-refractivity contribution in [3.05, 3.63) is 35.9 Å². The highest BCUT2D eigenvalue weighted by atomic mass is 16.5. The maximum atomic E-state index is 12.7. The second kappa shape index (κ2) is 9.49. The summed E-state index contributed by atoms with van der Waals surface area (Å²) in [6, 6.07) is 11.0. The zero-order valence-corrected chi connectivity index (χ0v) is 16.3. The Kier molecular flexibility index (Phi) is 7.06. The van der Waals surface area contributed by atoms with Gasteiger partial charge in [-0.15, -0.1) is 0 Å². The van der Waals surface area contributed by atoms with E-state index in [1.54, 1.807) is 0 Å². The van der Waals surface area contributed by atoms with Gasteiger partial charge in [0.05, 0.1) is 32.3 Å². The third kappa shape index (κ3) is 5.29. The van der Waals surface area contributed by atoms with Crippen LogP contribution in [-0.4, -0.2) is 57.9 Å². The Hall–Kier alpha value is -1.43. The van der Waals surface area contributed by atoms with Crippen LogP contribution in [0, 0.1) is 5.92 Å². The van der Waals surface area contributed by atoms with Gasteiger partial charge in [-0.05, 0) is 25.7 Å². The van der Waals surface area contributed by atoms with Gasteiger partial charge in [0.1, 0.15) is 19.1 Å². The predicted molar refractivity (Wildman–Crippen MR) is 102 cm³/mol. The van der Waals surface area contributed by atoms with E-state index in [-0.39, 0.29) is 18.0 Å². The Bertz CT molecular complexity index is 552. The zero-order valence-electron chi connectivity index (χ0n) is 16.3. The summed E-state index contributed by atoms with van der Waals surface area (Å²) < 4.78 is 5.54. The third-order valence-corrected chi connectivity index (χ3v) is 6.01. The largest absolute Gasteiger partial charge is 0.370 e. The molecule has 2 atom stereocenters. The Morgan fingerprint density at radius 2 is 1.81 bits per heavy atom. The number of nitrogens with one attached hydrogen (secondary N) is 3. The lowest BCUT2D eigenvalue weighted by molar-refractivity contribution is -0.940. The number of amides is 1. The minimum Gasteiger partial charge on any atom is -0.370 e. The molecule has 0 unspecified atom stereocenters. The van der Waals surface area contributed by atoms with Crippen LogP contribution in [-0.2, 0) is 9.53 Å². The molecule has 2 saturated heterocycles. The average Bonchev–Trinajstić information content (AvgIpc) is 2.65. The number of likely N-dealkylation sites (tertiary alicyclic amines) is 1. The maximum absolute atomic E-state index is 12.7. The van der Waals surface area contributed by atoms with E-state index in [0.29, 0.717) is 6.54 Å². The summed E-state index contributed by atoms with van der Waals surface area (Å²) >= 11 is 0. The van der Waals surface area contributed by atoms with Gasteiger partial charge in [0, 0.05) is 5.56 Å². The van der Waals surface area contributed by atoms with Crippen molar-refractivity contribution < 1.29 is 19.3 Å². The summed E-state index contributed by atoms with van der Waals surface area (Å²) in [5, 5.41) is 3.31. The van der Waals surface area contributed by atoms with Crippen LogP contribution in [0.5, 0.6) is 0 Å². The van der Waals surface area contributed by atoms with E-state index < -0.39 is 0 Å². The minimum atomic E-state index is 0.112. The third-order valence-electron chi connectivity index (χ3n) is 6.01. The fourth-order valence-electron chi connectivity index (χ4n) is 4.45. The van der Waals surface area contributed by atoms with E-state index in [2.05, 4.69) is 49.5 Å². The highest BCUT2D eigenvalue weighted by Gasteiger charge is 2.33. The second-order valence-corrected chi connectivity index (χ2v) is 8.12. The molecule has 144 valence electrons. The monoisotopic (exact) mass is 361 g/mol. The van der Waals surface area contributed by atoms with Crippen molar-refractivity contribution in [2.45, 2.75) is 38.8 Å². The molecule has 2 fully saturated rings. The van der Waals surface area contributed by atoms with Crippen LogP contribution in [0.1, 0.15) is 38.3 Å². The molecule has 3 rings (SSSR count). The molecule has 0 saturated carbocycles. The Balaban J connectivity index is 1.61. The van der Waals surface area contributed by atoms with Gasteiger partial charge in [-0.2, -0.15) is 0 Å². The molecule has 0 aromatic heterocycles. The molecule has 1 aromatic rings. The van der Waals surface area contributed by atoms with Gasteiger partial charge >= 0.3 is 0 Å². The molecule has 2 heterocycles. The summed E-state index contributed by atoms with van der Waals surface area (Å²) in [6.45, 7) is 10.9. The van der Waals surface area contributed by atoms with Crippen LogP contribution in [0.15, 0.2) is 30.3 Å². The van der Waals surface area contributed by atoms with Crippen molar-refractivity contribution in [2.24, 2.45) is 5.92 Å². The van der Waals surface area contributed by atoms with Gasteiger partial charge in [-0.3, -0.25) is 4.79 Å². The zero-order chi connectivity index (χ0) is 18.4. The molecule has 0 bridgehead atoms. The minimum absolute atomic E-state index is 0.112. The van der Waals surface area contributed by atoms with E-state index in [1.807, 2.05) is 0 Å². The number of piperidine rings is 1. The molecule has 0 aliphatic carbocycles. The maximum Gasteiger partial charge on any atom is 0.275 e. The van der Waals surface area contributed by atoms with E-state index in [1.165, 1.54) is 28.2 Å². The van der Waals surface area contributed by atoms with Crippen molar-refractivity contribution in [2.75, 3.05) is 45.9 Å². The fraction of sp³-hybridized carbons (Fsp3) is 0.667. The summed E-state index contributed by atoms with van der Waals surface area (Å²) in [6.07, 6.45) is 2.48. The van der Waals surface area contributed by atoms with E-state index in [4.69, 9.17) is 4.74 Å². The predicted octanol–water partition coefficient (Wildman–Crippen LogP) is -0.538. The van der Waals surface area contributed by atoms with Crippen molar-refractivity contribution in [1.82, 2.24) is 5.32 Å². The van der Waals surface area contributed by atoms with Crippen molar-refractivity contribution >= 4 is 5.91 Å². The number of ether oxygens (including phenoxy) is 1. The van der Waals surface area contributed by atoms with Gasteiger partial charge in [0.25, 0.3) is 5.91 Å². The Morgan fingerprint density at radius 1 is 1.15 bits per heavy atom. The van der Waals surface area contributed by atoms with Gasteiger partial charge in [0.2, 0.25) is 0 Å². The molecular formula is C21H35N3O2+2. The van der Waals surface area contributed by atoms with Crippen LogP contribution in [0.25, 0.3) is 0 Å². The van der Waals surface area contributed by atoms with Crippen molar-refractivity contribution in [1.29, 1.82) is 0 Å². The topological polar surface area (TPSA) is 47.2 Å². The first-order valence-corrected chi connectivity index (χ1v) is 10.2. The number of hydrogen-bond acceptors (Lipinski definition) is 2. The number of benzene rings is 1. The molecule has 0 radical (unpaired) electrons. The van der Waals surface area contributed by atoms with Crippen molar-refractivity contribution in [3.8, 4) is 0 Å². The molecule has 2 aliphatic rings. The number of morpholine rings is 1. The molecular weight excluding hydrogens is 326 g/mol. The van der Waals surface area contributed by atoms with Crippen molar-refractivity contribution in [3.63, 3.8) is 0 Å². The highest BCUT2D eigenvalue weighted by molar-refractivity contribution is 5.77. The standard InChI is InChI=1S/C21H33N3O2/c1-17-8-10-23(11-9-17)16-20(25)22-18(2)21(19-6-4-3-5-7-19)24-12-14-26-15-13-24/h3-7,17-18,21H,8-16H2,1-2H3,(H,22,25)/p+2/t18-,21-/m1/s1. The Morgan fingerprint density at radius 3 is 2.46 bits per heavy atom. The first-order chi connectivity index (χ1) is 12.6. The first-order valence-electron chi connectivity index (χ1n) is 10.2. The summed E-state index contributed by atoms with van der Waals surface area (Å²) in [7, 11) is 0. The van der Waals surface area contributed by atoms with Crippen LogP contribution in [0.2, 0.25) is 0 Å². The summed E-state index contributed by atoms with van der Waals surface area (Å²) in [5.74, 6) is 1.00. The summed E-state index contributed by atoms with van der Waals surface area (Å²) in [4.78, 5) is 15.6. The fourth-order valence-corrected chi connectivity index (χ4v) is 4.45. The SMILES string of the molecule is CC1CC[NH+](CC(=O)N[C@H](C)[C@H](c2ccccc2)[NH+]2CCOCC2)CC1. The average molecular weight is 362 g/mol. The highest BCUT2D eigenvalue weighted by Crippen LogP contribution is 2.14. The smallest absolute Gasteiger partial charge is 0.275 e. The molecule has 2 aliphatic heterocycles. The molecule has 1 amide bonds. The molecule has 3 N–H and O–H groups in total. The number of rotatable bonds is 6. The van der Waals surface area contributed by atoms with Gasteiger partial charge in [-0.1, -0.05) is 37.3 Å². The summed E-state index contributed by atoms with van der Waals surface area (Å²) in [5.41, 5.74) is 1.30. The Labute approximate surface area is 157 Å². The van der Waals surface area contributed by atoms with E-state index >= 15 is 0 Å². The molecule has 1 aromatic carbocycles.